The Bertz CT molecular complexity index is 621. The molecule has 0 bridgehead atoms. The molecular weight excluding hydrogens is 292 g/mol. The van der Waals surface area contributed by atoms with E-state index in [2.05, 4.69) is 15.7 Å². The molecule has 1 atom stereocenters. The summed E-state index contributed by atoms with van der Waals surface area (Å²) in [6.07, 6.45) is 5.01. The number of benzene rings is 1. The Hall–Kier alpha value is -2.18. The minimum atomic E-state index is -0.00965. The summed E-state index contributed by atoms with van der Waals surface area (Å²) < 4.78 is 7.37. The van der Waals surface area contributed by atoms with Gasteiger partial charge in [0.05, 0.1) is 31.0 Å². The van der Waals surface area contributed by atoms with Crippen molar-refractivity contribution in [1.29, 1.82) is 0 Å². The molecule has 0 saturated carbocycles. The largest absolute Gasteiger partial charge is 0.375 e. The molecule has 0 radical (unpaired) electrons. The molecule has 1 aliphatic rings. The van der Waals surface area contributed by atoms with Gasteiger partial charge in [0.2, 0.25) is 5.91 Å². The quantitative estimate of drug-likeness (QED) is 0.832. The molecule has 23 heavy (non-hydrogen) atoms. The summed E-state index contributed by atoms with van der Waals surface area (Å²) in [7, 11) is 0. The van der Waals surface area contributed by atoms with E-state index in [9.17, 15) is 4.79 Å². The predicted molar refractivity (Wildman–Crippen MR) is 87.5 cm³/mol. The van der Waals surface area contributed by atoms with Gasteiger partial charge in [-0.2, -0.15) is 5.10 Å². The first-order valence-corrected chi connectivity index (χ1v) is 7.99. The number of amides is 1. The number of hydrogen-bond acceptors (Lipinski definition) is 4. The number of carbonyl (C=O) groups is 1. The highest BCUT2D eigenvalue weighted by Crippen LogP contribution is 2.08. The number of nitrogens with one attached hydrogen (secondary N) is 2. The van der Waals surface area contributed by atoms with Gasteiger partial charge < -0.3 is 15.4 Å². The molecule has 2 heterocycles. The van der Waals surface area contributed by atoms with E-state index in [0.717, 1.165) is 30.8 Å². The summed E-state index contributed by atoms with van der Waals surface area (Å²) in [5.74, 6) is 0.0363. The number of ether oxygens (including phenoxy) is 1. The number of carbonyl (C=O) groups excluding carboxylic acids is 1. The van der Waals surface area contributed by atoms with Crippen LogP contribution in [0.5, 0.6) is 0 Å². The van der Waals surface area contributed by atoms with Gasteiger partial charge in [0, 0.05) is 25.8 Å². The van der Waals surface area contributed by atoms with Crippen molar-refractivity contribution in [1.82, 2.24) is 20.4 Å². The van der Waals surface area contributed by atoms with Crippen molar-refractivity contribution in [3.8, 4) is 5.69 Å². The SMILES string of the molecule is O=C(CC1CNCCO1)NCCc1cnn(-c2ccccc2)c1. The molecule has 2 N–H and O–H groups in total. The fourth-order valence-electron chi connectivity index (χ4n) is 2.59. The zero-order valence-corrected chi connectivity index (χ0v) is 13.1. The molecule has 122 valence electrons. The lowest BCUT2D eigenvalue weighted by Crippen LogP contribution is -2.41. The van der Waals surface area contributed by atoms with E-state index in [1.54, 1.807) is 0 Å². The van der Waals surface area contributed by atoms with E-state index in [1.165, 1.54) is 0 Å². The second-order valence-corrected chi connectivity index (χ2v) is 5.63. The highest BCUT2D eigenvalue weighted by atomic mass is 16.5. The van der Waals surface area contributed by atoms with Crippen LogP contribution in [0.3, 0.4) is 0 Å². The Labute approximate surface area is 135 Å². The summed E-state index contributed by atoms with van der Waals surface area (Å²) in [6, 6.07) is 9.97. The maximum absolute atomic E-state index is 11.9. The van der Waals surface area contributed by atoms with Gasteiger partial charge in [0.15, 0.2) is 0 Å². The Balaban J connectivity index is 1.42. The smallest absolute Gasteiger partial charge is 0.222 e. The van der Waals surface area contributed by atoms with Gasteiger partial charge in [0.25, 0.3) is 0 Å². The molecule has 1 saturated heterocycles. The van der Waals surface area contributed by atoms with Crippen LogP contribution in [0.2, 0.25) is 0 Å². The zero-order chi connectivity index (χ0) is 15.9. The lowest BCUT2D eigenvalue weighted by molar-refractivity contribution is -0.124. The first-order valence-electron chi connectivity index (χ1n) is 7.99. The first kappa shape index (κ1) is 15.7. The third-order valence-electron chi connectivity index (χ3n) is 3.81. The Kier molecular flexibility index (Phi) is 5.39. The number of rotatable bonds is 6. The minimum Gasteiger partial charge on any atom is -0.375 e. The molecule has 1 aromatic carbocycles. The molecule has 3 rings (SSSR count). The third kappa shape index (κ3) is 4.64. The molecular formula is C17H22N4O2. The molecule has 0 aliphatic carbocycles. The molecule has 1 fully saturated rings. The third-order valence-corrected chi connectivity index (χ3v) is 3.81. The van der Waals surface area contributed by atoms with E-state index < -0.39 is 0 Å². The normalized spacial score (nSPS) is 17.8. The van der Waals surface area contributed by atoms with E-state index in [0.29, 0.717) is 19.6 Å². The van der Waals surface area contributed by atoms with Gasteiger partial charge in [-0.15, -0.1) is 0 Å². The predicted octanol–water partition coefficient (Wildman–Crippen LogP) is 0.910. The van der Waals surface area contributed by atoms with Crippen LogP contribution in [0.15, 0.2) is 42.7 Å². The number of morpholine rings is 1. The Morgan fingerprint density at radius 2 is 2.26 bits per heavy atom. The van der Waals surface area contributed by atoms with Crippen molar-refractivity contribution in [2.45, 2.75) is 18.9 Å². The molecule has 1 aromatic heterocycles. The topological polar surface area (TPSA) is 68.2 Å². The molecule has 1 aliphatic heterocycles. The van der Waals surface area contributed by atoms with Crippen LogP contribution in [-0.2, 0) is 16.0 Å². The van der Waals surface area contributed by atoms with Crippen LogP contribution >= 0.6 is 0 Å². The molecule has 2 aromatic rings. The van der Waals surface area contributed by atoms with Gasteiger partial charge >= 0.3 is 0 Å². The van der Waals surface area contributed by atoms with Crippen LogP contribution in [0.4, 0.5) is 0 Å². The van der Waals surface area contributed by atoms with Crippen molar-refractivity contribution >= 4 is 5.91 Å². The van der Waals surface area contributed by atoms with Gasteiger partial charge in [0.1, 0.15) is 0 Å². The average Bonchev–Trinajstić information content (AvgIpc) is 3.05. The van der Waals surface area contributed by atoms with E-state index in [-0.39, 0.29) is 12.0 Å². The maximum Gasteiger partial charge on any atom is 0.222 e. The van der Waals surface area contributed by atoms with Crippen molar-refractivity contribution in [3.63, 3.8) is 0 Å². The second-order valence-electron chi connectivity index (χ2n) is 5.63. The van der Waals surface area contributed by atoms with Crippen LogP contribution in [0, 0.1) is 0 Å². The van der Waals surface area contributed by atoms with Gasteiger partial charge in [-0.25, -0.2) is 4.68 Å². The van der Waals surface area contributed by atoms with E-state index in [4.69, 9.17) is 4.74 Å². The van der Waals surface area contributed by atoms with E-state index >= 15 is 0 Å². The second kappa shape index (κ2) is 7.89. The summed E-state index contributed by atoms with van der Waals surface area (Å²) in [5.41, 5.74) is 2.13. The van der Waals surface area contributed by atoms with Crippen molar-refractivity contribution in [3.05, 3.63) is 48.3 Å². The molecule has 1 amide bonds. The maximum atomic E-state index is 11.9. The van der Waals surface area contributed by atoms with Gasteiger partial charge in [-0.3, -0.25) is 4.79 Å². The first-order chi connectivity index (χ1) is 11.3. The fraction of sp³-hybridized carbons (Fsp3) is 0.412. The monoisotopic (exact) mass is 314 g/mol. The highest BCUT2D eigenvalue weighted by molar-refractivity contribution is 5.76. The van der Waals surface area contributed by atoms with Crippen molar-refractivity contribution in [2.24, 2.45) is 0 Å². The van der Waals surface area contributed by atoms with Crippen molar-refractivity contribution < 1.29 is 9.53 Å². The number of aromatic nitrogens is 2. The standard InChI is InChI=1S/C17H22N4O2/c22-17(10-16-12-18-8-9-23-16)19-7-6-14-11-20-21(13-14)15-4-2-1-3-5-15/h1-5,11,13,16,18H,6-10,12H2,(H,19,22). The molecule has 6 heteroatoms. The van der Waals surface area contributed by atoms with E-state index in [1.807, 2.05) is 47.4 Å². The van der Waals surface area contributed by atoms with Gasteiger partial charge in [-0.05, 0) is 24.1 Å². The van der Waals surface area contributed by atoms with Crippen LogP contribution in [0.25, 0.3) is 5.69 Å². The van der Waals surface area contributed by atoms with Gasteiger partial charge in [-0.1, -0.05) is 18.2 Å². The summed E-state index contributed by atoms with van der Waals surface area (Å²) in [6.45, 7) is 2.90. The molecule has 0 spiro atoms. The Morgan fingerprint density at radius 1 is 1.39 bits per heavy atom. The van der Waals surface area contributed by atoms with Crippen LogP contribution < -0.4 is 10.6 Å². The lowest BCUT2D eigenvalue weighted by atomic mass is 10.2. The Morgan fingerprint density at radius 3 is 3.04 bits per heavy atom. The number of para-hydroxylation sites is 1. The fourth-order valence-corrected chi connectivity index (χ4v) is 2.59. The summed E-state index contributed by atoms with van der Waals surface area (Å²) in [5, 5.41) is 10.5. The lowest BCUT2D eigenvalue weighted by Gasteiger charge is -2.22. The van der Waals surface area contributed by atoms with Crippen LogP contribution in [-0.4, -0.2) is 48.0 Å². The molecule has 6 nitrogen and oxygen atoms in total. The minimum absolute atomic E-state index is 0.00965. The summed E-state index contributed by atoms with van der Waals surface area (Å²) in [4.78, 5) is 11.9. The average molecular weight is 314 g/mol. The molecule has 1 unspecified atom stereocenters. The van der Waals surface area contributed by atoms with Crippen LogP contribution in [0.1, 0.15) is 12.0 Å². The number of hydrogen-bond donors (Lipinski definition) is 2. The van der Waals surface area contributed by atoms with Crippen molar-refractivity contribution in [2.75, 3.05) is 26.2 Å². The summed E-state index contributed by atoms with van der Waals surface area (Å²) >= 11 is 0. The number of nitrogens with zero attached hydrogens (tertiary/aromatic N) is 2. The zero-order valence-electron chi connectivity index (χ0n) is 13.1. The highest BCUT2D eigenvalue weighted by Gasteiger charge is 2.16.